The van der Waals surface area contributed by atoms with Crippen molar-refractivity contribution < 1.29 is 27.1 Å². The second kappa shape index (κ2) is 4.51. The minimum absolute atomic E-state index is 0.0110. The number of ketones is 1. The maximum atomic E-state index is 12.9. The molecule has 0 aliphatic rings. The number of Topliss-reactive ketones (excluding diaryl/α,β-unsaturated/α-hetero) is 1. The Morgan fingerprint density at radius 1 is 1.38 bits per heavy atom. The van der Waals surface area contributed by atoms with Crippen LogP contribution in [-0.2, 0) is 0 Å². The van der Waals surface area contributed by atoms with Gasteiger partial charge in [0.05, 0.1) is 0 Å². The summed E-state index contributed by atoms with van der Waals surface area (Å²) in [5.41, 5.74) is -0.0110. The number of hydrogen-bond acceptors (Lipinski definition) is 2. The van der Waals surface area contributed by atoms with E-state index in [0.717, 1.165) is 18.2 Å². The Morgan fingerprint density at radius 2 is 2.00 bits per heavy atom. The molecule has 0 saturated carbocycles. The van der Waals surface area contributed by atoms with Gasteiger partial charge >= 0.3 is 6.36 Å². The van der Waals surface area contributed by atoms with Crippen LogP contribution in [0.2, 0.25) is 0 Å². The Bertz CT molecular complexity index is 398. The summed E-state index contributed by atoms with van der Waals surface area (Å²) in [5.74, 6) is -2.54. The zero-order chi connectivity index (χ0) is 12.3. The number of hydrogen-bond donors (Lipinski definition) is 0. The molecule has 0 atom stereocenters. The lowest BCUT2D eigenvalue weighted by Gasteiger charge is -2.10. The van der Waals surface area contributed by atoms with Crippen molar-refractivity contribution in [1.29, 1.82) is 0 Å². The second-order valence-electron chi connectivity index (χ2n) is 2.97. The fraction of sp³-hybridized carbons (Fsp3) is 0.300. The molecule has 0 unspecified atom stereocenters. The number of ether oxygens (including phenoxy) is 1. The van der Waals surface area contributed by atoms with Crippen LogP contribution in [0, 0.1) is 5.82 Å². The predicted octanol–water partition coefficient (Wildman–Crippen LogP) is 3.32. The van der Waals surface area contributed by atoms with Gasteiger partial charge in [-0.05, 0) is 18.2 Å². The zero-order valence-electron chi connectivity index (χ0n) is 8.27. The number of alkyl halides is 3. The summed E-state index contributed by atoms with van der Waals surface area (Å²) < 4.78 is 52.0. The van der Waals surface area contributed by atoms with Crippen molar-refractivity contribution in [2.75, 3.05) is 0 Å². The Balaban J connectivity index is 3.04. The summed E-state index contributed by atoms with van der Waals surface area (Å²) in [4.78, 5) is 11.2. The third-order valence-electron chi connectivity index (χ3n) is 1.80. The molecule has 0 spiro atoms. The summed E-state index contributed by atoms with van der Waals surface area (Å²) in [6.07, 6.45) is -4.86. The van der Waals surface area contributed by atoms with Crippen LogP contribution < -0.4 is 4.74 Å². The highest BCUT2D eigenvalue weighted by Crippen LogP contribution is 2.26. The van der Waals surface area contributed by atoms with Crippen LogP contribution in [0.25, 0.3) is 0 Å². The van der Waals surface area contributed by atoms with Gasteiger partial charge in [-0.2, -0.15) is 0 Å². The molecule has 1 rings (SSSR count). The standard InChI is InChI=1S/C10H8F4O2/c1-2-8(15)6-3-4-7(11)9(5-6)16-10(12,13)14/h3-5H,2H2,1H3. The fourth-order valence-corrected chi connectivity index (χ4v) is 1.08. The van der Waals surface area contributed by atoms with E-state index in [9.17, 15) is 22.4 Å². The third kappa shape index (κ3) is 3.22. The molecule has 0 saturated heterocycles. The van der Waals surface area contributed by atoms with Gasteiger partial charge in [-0.3, -0.25) is 4.79 Å². The van der Waals surface area contributed by atoms with Crippen LogP contribution in [0.5, 0.6) is 5.75 Å². The first-order valence-corrected chi connectivity index (χ1v) is 4.42. The van der Waals surface area contributed by atoms with E-state index in [1.54, 1.807) is 6.92 Å². The van der Waals surface area contributed by atoms with Gasteiger partial charge in [0, 0.05) is 12.0 Å². The maximum Gasteiger partial charge on any atom is 0.573 e. The first kappa shape index (κ1) is 12.5. The maximum absolute atomic E-state index is 12.9. The van der Waals surface area contributed by atoms with Crippen molar-refractivity contribution >= 4 is 5.78 Å². The molecule has 0 fully saturated rings. The van der Waals surface area contributed by atoms with Crippen molar-refractivity contribution in [3.63, 3.8) is 0 Å². The molecule has 2 nitrogen and oxygen atoms in total. The van der Waals surface area contributed by atoms with E-state index in [0.29, 0.717) is 0 Å². The first-order valence-electron chi connectivity index (χ1n) is 4.42. The van der Waals surface area contributed by atoms with Crippen molar-refractivity contribution in [2.45, 2.75) is 19.7 Å². The monoisotopic (exact) mass is 236 g/mol. The van der Waals surface area contributed by atoms with E-state index in [1.165, 1.54) is 0 Å². The van der Waals surface area contributed by atoms with Crippen LogP contribution in [0.3, 0.4) is 0 Å². The van der Waals surface area contributed by atoms with E-state index < -0.39 is 17.9 Å². The van der Waals surface area contributed by atoms with Gasteiger partial charge in [0.1, 0.15) is 0 Å². The summed E-state index contributed by atoms with van der Waals surface area (Å²) in [6, 6.07) is 2.63. The molecule has 0 aliphatic carbocycles. The number of rotatable bonds is 3. The Labute approximate surface area is 88.8 Å². The molecular formula is C10H8F4O2. The molecule has 0 bridgehead atoms. The average molecular weight is 236 g/mol. The highest BCUT2D eigenvalue weighted by molar-refractivity contribution is 5.96. The van der Waals surface area contributed by atoms with Crippen LogP contribution in [0.4, 0.5) is 17.6 Å². The topological polar surface area (TPSA) is 26.3 Å². The predicted molar refractivity (Wildman–Crippen MR) is 47.7 cm³/mol. The van der Waals surface area contributed by atoms with Gasteiger partial charge in [-0.25, -0.2) is 4.39 Å². The van der Waals surface area contributed by atoms with Gasteiger partial charge in [0.2, 0.25) is 0 Å². The number of benzene rings is 1. The number of halogens is 4. The quantitative estimate of drug-likeness (QED) is 0.594. The lowest BCUT2D eigenvalue weighted by atomic mass is 10.1. The molecule has 16 heavy (non-hydrogen) atoms. The molecule has 6 heteroatoms. The minimum Gasteiger partial charge on any atom is -0.403 e. The van der Waals surface area contributed by atoms with Crippen LogP contribution in [0.15, 0.2) is 18.2 Å². The molecule has 0 N–H and O–H groups in total. The Morgan fingerprint density at radius 3 is 2.50 bits per heavy atom. The van der Waals surface area contributed by atoms with Gasteiger partial charge in [0.25, 0.3) is 0 Å². The molecule has 1 aromatic carbocycles. The number of carbonyl (C=O) groups is 1. The normalized spacial score (nSPS) is 11.3. The van der Waals surface area contributed by atoms with Crippen molar-refractivity contribution in [3.05, 3.63) is 29.6 Å². The molecule has 0 amide bonds. The van der Waals surface area contributed by atoms with E-state index in [4.69, 9.17) is 0 Å². The van der Waals surface area contributed by atoms with Crippen molar-refractivity contribution in [2.24, 2.45) is 0 Å². The Kier molecular flexibility index (Phi) is 3.51. The molecule has 0 aromatic heterocycles. The van der Waals surface area contributed by atoms with E-state index in [2.05, 4.69) is 4.74 Å². The summed E-state index contributed by atoms with van der Waals surface area (Å²) >= 11 is 0. The van der Waals surface area contributed by atoms with Crippen LogP contribution in [-0.4, -0.2) is 12.1 Å². The third-order valence-corrected chi connectivity index (χ3v) is 1.80. The SMILES string of the molecule is CCC(=O)c1ccc(F)c(OC(F)(F)F)c1. The highest BCUT2D eigenvalue weighted by atomic mass is 19.4. The molecule has 0 aliphatic heterocycles. The highest BCUT2D eigenvalue weighted by Gasteiger charge is 2.32. The van der Waals surface area contributed by atoms with Crippen LogP contribution in [0.1, 0.15) is 23.7 Å². The van der Waals surface area contributed by atoms with Crippen molar-refractivity contribution in [1.82, 2.24) is 0 Å². The molecule has 0 radical (unpaired) electrons. The first-order chi connectivity index (χ1) is 7.33. The van der Waals surface area contributed by atoms with Gasteiger partial charge in [-0.1, -0.05) is 6.92 Å². The van der Waals surface area contributed by atoms with Crippen LogP contribution >= 0.6 is 0 Å². The van der Waals surface area contributed by atoms with Gasteiger partial charge in [0.15, 0.2) is 17.3 Å². The summed E-state index contributed by atoms with van der Waals surface area (Å²) in [5, 5.41) is 0. The van der Waals surface area contributed by atoms with Crippen molar-refractivity contribution in [3.8, 4) is 5.75 Å². The second-order valence-corrected chi connectivity index (χ2v) is 2.97. The number of carbonyl (C=O) groups excluding carboxylic acids is 1. The molecular weight excluding hydrogens is 228 g/mol. The molecule has 1 aromatic rings. The molecule has 0 heterocycles. The van der Waals surface area contributed by atoms with Gasteiger partial charge in [-0.15, -0.1) is 13.2 Å². The molecule has 88 valence electrons. The average Bonchev–Trinajstić information content (AvgIpc) is 2.18. The van der Waals surface area contributed by atoms with E-state index in [-0.39, 0.29) is 17.8 Å². The Hall–Kier alpha value is -1.59. The van der Waals surface area contributed by atoms with E-state index in [1.807, 2.05) is 0 Å². The largest absolute Gasteiger partial charge is 0.573 e. The summed E-state index contributed by atoms with van der Waals surface area (Å²) in [6.45, 7) is 1.55. The fourth-order valence-electron chi connectivity index (χ4n) is 1.08. The smallest absolute Gasteiger partial charge is 0.403 e. The zero-order valence-corrected chi connectivity index (χ0v) is 8.27. The van der Waals surface area contributed by atoms with Gasteiger partial charge < -0.3 is 4.74 Å². The minimum atomic E-state index is -4.98. The lowest BCUT2D eigenvalue weighted by Crippen LogP contribution is -2.18. The van der Waals surface area contributed by atoms with E-state index >= 15 is 0 Å². The lowest BCUT2D eigenvalue weighted by molar-refractivity contribution is -0.275. The summed E-state index contributed by atoms with van der Waals surface area (Å²) in [7, 11) is 0.